The zero-order valence-electron chi connectivity index (χ0n) is 12.7. The third-order valence-corrected chi connectivity index (χ3v) is 3.04. The normalized spacial score (nSPS) is 11.2. The number of methoxy groups -OCH3 is 1. The molecule has 1 atom stereocenters. The van der Waals surface area contributed by atoms with Crippen LogP contribution in [0.15, 0.2) is 18.2 Å². The third-order valence-electron chi connectivity index (χ3n) is 3.04. The van der Waals surface area contributed by atoms with Gasteiger partial charge in [0.25, 0.3) is 5.91 Å². The number of nitrogens with zero attached hydrogens (tertiary/aromatic N) is 2. The Morgan fingerprint density at radius 3 is 2.64 bits per heavy atom. The van der Waals surface area contributed by atoms with Gasteiger partial charge in [0.2, 0.25) is 0 Å². The van der Waals surface area contributed by atoms with Crippen LogP contribution in [-0.2, 0) is 9.59 Å². The monoisotopic (exact) mass is 306 g/mol. The second-order valence-electron chi connectivity index (χ2n) is 4.78. The Morgan fingerprint density at radius 2 is 2.09 bits per heavy atom. The maximum Gasteiger partial charge on any atom is 0.308 e. The topological polar surface area (TPSA) is 99.9 Å². The van der Waals surface area contributed by atoms with Gasteiger partial charge < -0.3 is 19.5 Å². The van der Waals surface area contributed by atoms with Crippen LogP contribution in [0.5, 0.6) is 11.5 Å². The lowest BCUT2D eigenvalue weighted by Gasteiger charge is -2.20. The van der Waals surface area contributed by atoms with Crippen molar-refractivity contribution in [1.29, 1.82) is 5.26 Å². The van der Waals surface area contributed by atoms with Crippen LogP contribution in [0.3, 0.4) is 0 Å². The molecule has 1 aromatic rings. The number of carboxylic acid groups (broad SMARTS) is 1. The highest BCUT2D eigenvalue weighted by molar-refractivity contribution is 5.78. The number of ether oxygens (including phenoxy) is 2. The van der Waals surface area contributed by atoms with E-state index in [9.17, 15) is 9.59 Å². The number of amides is 1. The molecule has 118 valence electrons. The lowest BCUT2D eigenvalue weighted by molar-refractivity contribution is -0.143. The van der Waals surface area contributed by atoms with Crippen molar-refractivity contribution in [1.82, 2.24) is 4.90 Å². The number of carboxylic acids is 1. The summed E-state index contributed by atoms with van der Waals surface area (Å²) in [5.74, 6) is -1.27. The number of rotatable bonds is 7. The molecule has 1 aromatic carbocycles. The van der Waals surface area contributed by atoms with Crippen LogP contribution < -0.4 is 9.47 Å². The van der Waals surface area contributed by atoms with Gasteiger partial charge in [0.05, 0.1) is 24.7 Å². The van der Waals surface area contributed by atoms with Crippen LogP contribution in [0.4, 0.5) is 0 Å². The first-order valence-corrected chi connectivity index (χ1v) is 6.56. The SMILES string of the molecule is COc1cc(C#N)ccc1OCC(=O)N(C)CC(C)C(=O)O. The molecule has 0 bridgehead atoms. The molecule has 0 saturated heterocycles. The fourth-order valence-corrected chi connectivity index (χ4v) is 1.70. The number of hydrogen-bond acceptors (Lipinski definition) is 5. The van der Waals surface area contributed by atoms with E-state index in [0.29, 0.717) is 17.1 Å². The number of likely N-dealkylation sites (N-methyl/N-ethyl adjacent to an activating group) is 1. The Bertz CT molecular complexity index is 594. The van der Waals surface area contributed by atoms with Crippen LogP contribution in [0.2, 0.25) is 0 Å². The zero-order valence-corrected chi connectivity index (χ0v) is 12.7. The summed E-state index contributed by atoms with van der Waals surface area (Å²) < 4.78 is 10.5. The third kappa shape index (κ3) is 4.66. The van der Waals surface area contributed by atoms with Gasteiger partial charge in [-0.3, -0.25) is 9.59 Å². The van der Waals surface area contributed by atoms with Gasteiger partial charge in [-0.25, -0.2) is 0 Å². The van der Waals surface area contributed by atoms with E-state index in [1.807, 2.05) is 6.07 Å². The van der Waals surface area contributed by atoms with E-state index >= 15 is 0 Å². The number of hydrogen-bond donors (Lipinski definition) is 1. The highest BCUT2D eigenvalue weighted by Gasteiger charge is 2.18. The minimum atomic E-state index is -0.964. The molecule has 1 amide bonds. The predicted octanol–water partition coefficient (Wildman–Crippen LogP) is 1.12. The van der Waals surface area contributed by atoms with Gasteiger partial charge in [-0.1, -0.05) is 6.92 Å². The van der Waals surface area contributed by atoms with E-state index in [0.717, 1.165) is 0 Å². The van der Waals surface area contributed by atoms with E-state index in [1.165, 1.54) is 32.0 Å². The van der Waals surface area contributed by atoms with E-state index in [-0.39, 0.29) is 19.1 Å². The number of carbonyl (C=O) groups is 2. The second kappa shape index (κ2) is 7.88. The van der Waals surface area contributed by atoms with Crippen molar-refractivity contribution >= 4 is 11.9 Å². The summed E-state index contributed by atoms with van der Waals surface area (Å²) in [6.45, 7) is 1.38. The molecule has 0 fully saturated rings. The summed E-state index contributed by atoms with van der Waals surface area (Å²) in [5, 5.41) is 17.6. The molecule has 7 nitrogen and oxygen atoms in total. The Morgan fingerprint density at radius 1 is 1.41 bits per heavy atom. The van der Waals surface area contributed by atoms with Crippen molar-refractivity contribution < 1.29 is 24.2 Å². The number of carbonyl (C=O) groups excluding carboxylic acids is 1. The highest BCUT2D eigenvalue weighted by Crippen LogP contribution is 2.27. The first kappa shape index (κ1) is 17.3. The van der Waals surface area contributed by atoms with Crippen molar-refractivity contribution in [2.75, 3.05) is 27.3 Å². The minimum absolute atomic E-state index is 0.0992. The zero-order chi connectivity index (χ0) is 16.7. The molecule has 7 heteroatoms. The molecule has 22 heavy (non-hydrogen) atoms. The van der Waals surface area contributed by atoms with E-state index in [2.05, 4.69) is 0 Å². The van der Waals surface area contributed by atoms with Crippen LogP contribution in [-0.4, -0.2) is 49.2 Å². The largest absolute Gasteiger partial charge is 0.493 e. The fraction of sp³-hybridized carbons (Fsp3) is 0.400. The molecule has 0 aliphatic carbocycles. The van der Waals surface area contributed by atoms with E-state index < -0.39 is 11.9 Å². The van der Waals surface area contributed by atoms with Crippen molar-refractivity contribution in [3.05, 3.63) is 23.8 Å². The molecule has 0 saturated carbocycles. The molecule has 0 aromatic heterocycles. The molecule has 0 radical (unpaired) electrons. The predicted molar refractivity (Wildman–Crippen MR) is 77.6 cm³/mol. The van der Waals surface area contributed by atoms with Gasteiger partial charge in [0.15, 0.2) is 18.1 Å². The number of aliphatic carboxylic acids is 1. The quantitative estimate of drug-likeness (QED) is 0.810. The van der Waals surface area contributed by atoms with Gasteiger partial charge in [-0.2, -0.15) is 5.26 Å². The first-order valence-electron chi connectivity index (χ1n) is 6.56. The van der Waals surface area contributed by atoms with Crippen molar-refractivity contribution in [2.45, 2.75) is 6.92 Å². The summed E-state index contributed by atoms with van der Waals surface area (Å²) in [7, 11) is 2.95. The van der Waals surface area contributed by atoms with Crippen LogP contribution >= 0.6 is 0 Å². The van der Waals surface area contributed by atoms with Crippen LogP contribution in [0.1, 0.15) is 12.5 Å². The summed E-state index contributed by atoms with van der Waals surface area (Å²) in [5.41, 5.74) is 0.419. The maximum absolute atomic E-state index is 11.9. The Hall–Kier alpha value is -2.75. The standard InChI is InChI=1S/C15H18N2O5/c1-10(15(19)20)8-17(2)14(18)9-22-12-5-4-11(7-16)6-13(12)21-3/h4-6,10H,8-9H2,1-3H3,(H,19,20). The van der Waals surface area contributed by atoms with Crippen molar-refractivity contribution in [2.24, 2.45) is 5.92 Å². The number of nitriles is 1. The Labute approximate surface area is 128 Å². The molecule has 1 N–H and O–H groups in total. The number of benzene rings is 1. The first-order chi connectivity index (χ1) is 10.4. The maximum atomic E-state index is 11.9. The van der Waals surface area contributed by atoms with Crippen molar-refractivity contribution in [3.8, 4) is 17.6 Å². The van der Waals surface area contributed by atoms with Crippen LogP contribution in [0, 0.1) is 17.2 Å². The van der Waals surface area contributed by atoms with Gasteiger partial charge in [-0.15, -0.1) is 0 Å². The molecular weight excluding hydrogens is 288 g/mol. The summed E-state index contributed by atoms with van der Waals surface area (Å²) in [4.78, 5) is 24.0. The molecule has 0 aliphatic heterocycles. The lowest BCUT2D eigenvalue weighted by atomic mass is 10.2. The minimum Gasteiger partial charge on any atom is -0.493 e. The molecule has 0 spiro atoms. The fourth-order valence-electron chi connectivity index (χ4n) is 1.70. The molecule has 0 aliphatic rings. The molecule has 1 unspecified atom stereocenters. The summed E-state index contributed by atoms with van der Waals surface area (Å²) >= 11 is 0. The Kier molecular flexibility index (Phi) is 6.20. The van der Waals surface area contributed by atoms with Gasteiger partial charge >= 0.3 is 5.97 Å². The second-order valence-corrected chi connectivity index (χ2v) is 4.78. The van der Waals surface area contributed by atoms with E-state index in [4.69, 9.17) is 19.8 Å². The molecule has 0 heterocycles. The summed E-state index contributed by atoms with van der Waals surface area (Å²) in [6.07, 6.45) is 0. The van der Waals surface area contributed by atoms with E-state index in [1.54, 1.807) is 12.1 Å². The molecular formula is C15H18N2O5. The van der Waals surface area contributed by atoms with Gasteiger partial charge in [0.1, 0.15) is 0 Å². The average Bonchev–Trinajstić information content (AvgIpc) is 2.51. The van der Waals surface area contributed by atoms with Crippen LogP contribution in [0.25, 0.3) is 0 Å². The lowest BCUT2D eigenvalue weighted by Crippen LogP contribution is -2.36. The smallest absolute Gasteiger partial charge is 0.308 e. The Balaban J connectivity index is 2.64. The van der Waals surface area contributed by atoms with Gasteiger partial charge in [0, 0.05) is 19.7 Å². The molecule has 1 rings (SSSR count). The average molecular weight is 306 g/mol. The van der Waals surface area contributed by atoms with Crippen molar-refractivity contribution in [3.63, 3.8) is 0 Å². The van der Waals surface area contributed by atoms with Gasteiger partial charge in [-0.05, 0) is 12.1 Å². The summed E-state index contributed by atoms with van der Waals surface area (Å²) in [6, 6.07) is 6.59. The highest BCUT2D eigenvalue weighted by atomic mass is 16.5.